The van der Waals surface area contributed by atoms with Crippen LogP contribution in [0.15, 0.2) is 180 Å². The molecule has 0 saturated heterocycles. The normalized spacial score (nSPS) is 19.3. The first-order valence-corrected chi connectivity index (χ1v) is 17.9. The highest BCUT2D eigenvalue weighted by atomic mass is 16.3. The molecule has 0 spiro atoms. The van der Waals surface area contributed by atoms with Crippen molar-refractivity contribution in [2.24, 2.45) is 0 Å². The quantitative estimate of drug-likeness (QED) is 0.188. The van der Waals surface area contributed by atoms with Crippen LogP contribution < -0.4 is 4.90 Å². The van der Waals surface area contributed by atoms with Crippen LogP contribution in [0.5, 0.6) is 0 Å². The van der Waals surface area contributed by atoms with Gasteiger partial charge in [-0.3, -0.25) is 0 Å². The van der Waals surface area contributed by atoms with E-state index >= 15 is 0 Å². The van der Waals surface area contributed by atoms with Crippen LogP contribution in [0.25, 0.3) is 60.4 Å². The van der Waals surface area contributed by atoms with E-state index < -0.39 is 0 Å². The second kappa shape index (κ2) is 11.1. The van der Waals surface area contributed by atoms with Crippen LogP contribution in [0.2, 0.25) is 0 Å². The van der Waals surface area contributed by atoms with Crippen molar-refractivity contribution in [3.63, 3.8) is 0 Å². The number of anilines is 2. The molecule has 2 aliphatic carbocycles. The molecule has 3 atom stereocenters. The zero-order chi connectivity index (χ0) is 33.5. The Morgan fingerprint density at radius 1 is 0.569 bits per heavy atom. The number of allylic oxidation sites excluding steroid dienone is 6. The molecule has 0 saturated carbocycles. The lowest BCUT2D eigenvalue weighted by atomic mass is 9.86. The minimum Gasteiger partial charge on any atom is -0.456 e. The van der Waals surface area contributed by atoms with Crippen LogP contribution >= 0.6 is 0 Å². The molecule has 1 aliphatic heterocycles. The van der Waals surface area contributed by atoms with Gasteiger partial charge in [0.15, 0.2) is 0 Å². The minimum atomic E-state index is 0.204. The highest BCUT2D eigenvalue weighted by Gasteiger charge is 2.38. The SMILES string of the molecule is C1=CCC(n2c3ccccc3c3cc(-c4ccc5oc6ccc(N7c8ccccc8C8C=C(c9ccccc9)C=CC87)cc6c5c4)ccc32)C=C1. The number of para-hydroxylation sites is 2. The maximum absolute atomic E-state index is 6.44. The highest BCUT2D eigenvalue weighted by molar-refractivity contribution is 6.11. The van der Waals surface area contributed by atoms with Gasteiger partial charge < -0.3 is 13.9 Å². The first-order valence-electron chi connectivity index (χ1n) is 17.9. The lowest BCUT2D eigenvalue weighted by Gasteiger charge is -2.29. The van der Waals surface area contributed by atoms with E-state index in [1.54, 1.807) is 0 Å². The van der Waals surface area contributed by atoms with E-state index in [9.17, 15) is 0 Å². The Kier molecular flexibility index (Phi) is 6.20. The van der Waals surface area contributed by atoms with Gasteiger partial charge in [-0.05, 0) is 88.8 Å². The van der Waals surface area contributed by atoms with Crippen LogP contribution in [0, 0.1) is 0 Å². The van der Waals surface area contributed by atoms with Crippen molar-refractivity contribution >= 4 is 60.7 Å². The third-order valence-corrected chi connectivity index (χ3v) is 11.2. The van der Waals surface area contributed by atoms with E-state index in [0.717, 1.165) is 28.4 Å². The highest BCUT2D eigenvalue weighted by Crippen LogP contribution is 2.50. The van der Waals surface area contributed by atoms with Crippen LogP contribution in [-0.4, -0.2) is 10.6 Å². The number of hydrogen-bond acceptors (Lipinski definition) is 2. The predicted octanol–water partition coefficient (Wildman–Crippen LogP) is 12.7. The van der Waals surface area contributed by atoms with Crippen molar-refractivity contribution < 1.29 is 4.42 Å². The number of fused-ring (bicyclic) bond motifs is 9. The molecule has 242 valence electrons. The maximum Gasteiger partial charge on any atom is 0.135 e. The Morgan fingerprint density at radius 2 is 1.31 bits per heavy atom. The lowest BCUT2D eigenvalue weighted by molar-refractivity contribution is 0.648. The molecule has 0 fully saturated rings. The minimum absolute atomic E-state index is 0.204. The summed E-state index contributed by atoms with van der Waals surface area (Å²) in [6.45, 7) is 0. The molecule has 3 heterocycles. The summed E-state index contributed by atoms with van der Waals surface area (Å²) in [6.07, 6.45) is 17.0. The monoisotopic (exact) mass is 654 g/mol. The molecule has 8 aromatic rings. The predicted molar refractivity (Wildman–Crippen MR) is 213 cm³/mol. The summed E-state index contributed by atoms with van der Waals surface area (Å²) < 4.78 is 8.94. The van der Waals surface area contributed by atoms with Crippen LogP contribution in [-0.2, 0) is 0 Å². The van der Waals surface area contributed by atoms with Gasteiger partial charge in [-0.1, -0.05) is 121 Å². The van der Waals surface area contributed by atoms with Crippen molar-refractivity contribution in [3.8, 4) is 11.1 Å². The van der Waals surface area contributed by atoms with Gasteiger partial charge in [0.2, 0.25) is 0 Å². The molecule has 2 aromatic heterocycles. The Morgan fingerprint density at radius 3 is 2.20 bits per heavy atom. The molecule has 51 heavy (non-hydrogen) atoms. The molecule has 0 bridgehead atoms. The van der Waals surface area contributed by atoms with Crippen molar-refractivity contribution in [1.29, 1.82) is 0 Å². The number of hydrogen-bond donors (Lipinski definition) is 0. The fraction of sp³-hybridized carbons (Fsp3) is 0.0833. The van der Waals surface area contributed by atoms with Crippen LogP contribution in [0.4, 0.5) is 11.4 Å². The summed E-state index contributed by atoms with van der Waals surface area (Å²) in [7, 11) is 0. The summed E-state index contributed by atoms with van der Waals surface area (Å²) in [5.41, 5.74) is 13.1. The average Bonchev–Trinajstić information content (AvgIpc) is 3.85. The number of benzene rings is 6. The summed E-state index contributed by atoms with van der Waals surface area (Å²) in [5, 5.41) is 4.86. The molecule has 3 heteroatoms. The molecule has 3 nitrogen and oxygen atoms in total. The van der Waals surface area contributed by atoms with E-state index in [0.29, 0.717) is 6.04 Å². The molecule has 0 radical (unpaired) electrons. The Bertz CT molecular complexity index is 2810. The number of aromatic nitrogens is 1. The van der Waals surface area contributed by atoms with Gasteiger partial charge in [-0.15, -0.1) is 0 Å². The smallest absolute Gasteiger partial charge is 0.135 e. The Hall–Kier alpha value is -6.32. The number of furan rings is 1. The van der Waals surface area contributed by atoms with Crippen molar-refractivity contribution in [3.05, 3.63) is 187 Å². The molecular weight excluding hydrogens is 621 g/mol. The lowest BCUT2D eigenvalue weighted by Crippen LogP contribution is -2.28. The maximum atomic E-state index is 6.44. The molecule has 0 amide bonds. The molecule has 3 unspecified atom stereocenters. The van der Waals surface area contributed by atoms with Gasteiger partial charge in [0.05, 0.1) is 12.1 Å². The second-order valence-electron chi connectivity index (χ2n) is 14.0. The molecule has 11 rings (SSSR count). The van der Waals surface area contributed by atoms with Gasteiger partial charge in [0.1, 0.15) is 11.2 Å². The van der Waals surface area contributed by atoms with Gasteiger partial charge >= 0.3 is 0 Å². The fourth-order valence-electron chi connectivity index (χ4n) is 8.87. The first kappa shape index (κ1) is 28.5. The molecule has 3 aliphatic rings. The van der Waals surface area contributed by atoms with Crippen LogP contribution in [0.1, 0.15) is 29.5 Å². The van der Waals surface area contributed by atoms with E-state index in [1.807, 2.05) is 0 Å². The van der Waals surface area contributed by atoms with E-state index in [2.05, 4.69) is 185 Å². The van der Waals surface area contributed by atoms with E-state index in [1.165, 1.54) is 61.0 Å². The Labute approximate surface area is 296 Å². The molecule has 6 aromatic carbocycles. The largest absolute Gasteiger partial charge is 0.456 e. The summed E-state index contributed by atoms with van der Waals surface area (Å²) in [4.78, 5) is 2.51. The van der Waals surface area contributed by atoms with Gasteiger partial charge in [0, 0.05) is 49.9 Å². The van der Waals surface area contributed by atoms with Gasteiger partial charge in [0.25, 0.3) is 0 Å². The third kappa shape index (κ3) is 4.38. The van der Waals surface area contributed by atoms with Gasteiger partial charge in [-0.25, -0.2) is 0 Å². The molecular formula is C48H34N2O. The first-order chi connectivity index (χ1) is 25.3. The average molecular weight is 655 g/mol. The van der Waals surface area contributed by atoms with Crippen molar-refractivity contribution in [2.75, 3.05) is 4.90 Å². The topological polar surface area (TPSA) is 21.3 Å². The fourth-order valence-corrected chi connectivity index (χ4v) is 8.87. The van der Waals surface area contributed by atoms with E-state index in [-0.39, 0.29) is 12.0 Å². The molecule has 0 N–H and O–H groups in total. The van der Waals surface area contributed by atoms with Crippen molar-refractivity contribution in [2.45, 2.75) is 24.4 Å². The third-order valence-electron chi connectivity index (χ3n) is 11.2. The Balaban J connectivity index is 1.01. The summed E-state index contributed by atoms with van der Waals surface area (Å²) >= 11 is 0. The zero-order valence-corrected chi connectivity index (χ0v) is 28.0. The number of rotatable bonds is 4. The number of nitrogens with zero attached hydrogens (tertiary/aromatic N) is 2. The zero-order valence-electron chi connectivity index (χ0n) is 28.0. The summed E-state index contributed by atoms with van der Waals surface area (Å²) in [5.74, 6) is 0.274. The summed E-state index contributed by atoms with van der Waals surface area (Å²) in [6, 6.07) is 49.2. The standard InChI is InChI=1S/C48H34N2O/c1-3-11-31(12-4-1)32-19-23-46-39(27-32)38-16-8-10-18-44(38)50(46)36-22-26-48-42(30-36)41-29-34(21-25-47(41)51-48)33-20-24-45-40(28-33)37-15-7-9-17-43(37)49(45)35-13-5-2-6-14-35/h1-13,15-30,35,39,46H,14H2. The van der Waals surface area contributed by atoms with Crippen molar-refractivity contribution in [1.82, 2.24) is 4.57 Å². The van der Waals surface area contributed by atoms with Gasteiger partial charge in [-0.2, -0.15) is 0 Å². The van der Waals surface area contributed by atoms with E-state index in [4.69, 9.17) is 4.42 Å². The second-order valence-corrected chi connectivity index (χ2v) is 14.0. The van der Waals surface area contributed by atoms with Crippen LogP contribution in [0.3, 0.4) is 0 Å².